The Morgan fingerprint density at radius 3 is 2.78 bits per heavy atom. The summed E-state index contributed by atoms with van der Waals surface area (Å²) in [6, 6.07) is 7.56. The third-order valence-electron chi connectivity index (χ3n) is 2.41. The number of carbonyl (C=O) groups is 1. The maximum absolute atomic E-state index is 13.1. The van der Waals surface area contributed by atoms with E-state index in [1.807, 2.05) is 0 Å². The summed E-state index contributed by atoms with van der Waals surface area (Å²) in [5.74, 6) is -0.754. The van der Waals surface area contributed by atoms with Gasteiger partial charge in [-0.15, -0.1) is 0 Å². The van der Waals surface area contributed by atoms with Crippen LogP contribution in [-0.4, -0.2) is 10.9 Å². The first kappa shape index (κ1) is 12.7. The van der Waals surface area contributed by atoms with E-state index >= 15 is 0 Å². The molecule has 2 rings (SSSR count). The zero-order chi connectivity index (χ0) is 13.1. The number of pyridine rings is 1. The fourth-order valence-electron chi connectivity index (χ4n) is 1.43. The Balaban J connectivity index is 2.21. The van der Waals surface area contributed by atoms with Crippen LogP contribution in [0.2, 0.25) is 0 Å². The molecular formula is C13H10BrFN2O. The van der Waals surface area contributed by atoms with Crippen molar-refractivity contribution in [1.29, 1.82) is 0 Å². The highest BCUT2D eigenvalue weighted by molar-refractivity contribution is 9.10. The van der Waals surface area contributed by atoms with Crippen molar-refractivity contribution in [1.82, 2.24) is 4.98 Å². The lowest BCUT2D eigenvalue weighted by Gasteiger charge is -2.07. The smallest absolute Gasteiger partial charge is 0.274 e. The van der Waals surface area contributed by atoms with Crippen molar-refractivity contribution in [2.45, 2.75) is 6.92 Å². The number of aromatic nitrogens is 1. The highest BCUT2D eigenvalue weighted by Crippen LogP contribution is 2.17. The number of benzene rings is 1. The van der Waals surface area contributed by atoms with Gasteiger partial charge in [0.1, 0.15) is 11.5 Å². The van der Waals surface area contributed by atoms with Gasteiger partial charge in [0.25, 0.3) is 5.91 Å². The van der Waals surface area contributed by atoms with Gasteiger partial charge in [-0.1, -0.05) is 6.07 Å². The lowest BCUT2D eigenvalue weighted by Crippen LogP contribution is -2.14. The number of amides is 1. The normalized spacial score (nSPS) is 10.2. The Morgan fingerprint density at radius 2 is 2.11 bits per heavy atom. The summed E-state index contributed by atoms with van der Waals surface area (Å²) in [5, 5.41) is 2.63. The summed E-state index contributed by atoms with van der Waals surface area (Å²) in [4.78, 5) is 15.9. The number of aryl methyl sites for hydroxylation is 1. The second-order valence-corrected chi connectivity index (χ2v) is 4.69. The van der Waals surface area contributed by atoms with Crippen LogP contribution in [-0.2, 0) is 0 Å². The molecule has 2 aromatic rings. The van der Waals surface area contributed by atoms with E-state index < -0.39 is 0 Å². The van der Waals surface area contributed by atoms with Crippen LogP contribution in [0, 0.1) is 12.7 Å². The van der Waals surface area contributed by atoms with Crippen molar-refractivity contribution in [2.75, 3.05) is 5.32 Å². The van der Waals surface area contributed by atoms with E-state index in [2.05, 4.69) is 26.2 Å². The van der Waals surface area contributed by atoms with Crippen molar-refractivity contribution in [3.63, 3.8) is 0 Å². The van der Waals surface area contributed by atoms with Crippen molar-refractivity contribution in [2.24, 2.45) is 0 Å². The molecule has 0 atom stereocenters. The van der Waals surface area contributed by atoms with E-state index in [1.54, 1.807) is 25.1 Å². The lowest BCUT2D eigenvalue weighted by atomic mass is 10.2. The molecule has 0 aliphatic rings. The molecule has 1 heterocycles. The third kappa shape index (κ3) is 2.92. The number of nitrogens with zero attached hydrogens (tertiary/aromatic N) is 1. The number of hydrogen-bond donors (Lipinski definition) is 1. The van der Waals surface area contributed by atoms with E-state index in [4.69, 9.17) is 0 Å². The minimum atomic E-state index is -0.389. The van der Waals surface area contributed by atoms with Gasteiger partial charge in [-0.3, -0.25) is 4.79 Å². The Kier molecular flexibility index (Phi) is 3.72. The fourth-order valence-corrected chi connectivity index (χ4v) is 1.66. The summed E-state index contributed by atoms with van der Waals surface area (Å²) in [6.45, 7) is 1.80. The molecule has 0 aliphatic carbocycles. The van der Waals surface area contributed by atoms with Crippen molar-refractivity contribution in [3.8, 4) is 0 Å². The Labute approximate surface area is 112 Å². The maximum atomic E-state index is 13.1. The maximum Gasteiger partial charge on any atom is 0.274 e. The zero-order valence-corrected chi connectivity index (χ0v) is 11.2. The van der Waals surface area contributed by atoms with Gasteiger partial charge in [0.2, 0.25) is 0 Å². The number of anilines is 1. The van der Waals surface area contributed by atoms with Crippen LogP contribution in [0.4, 0.5) is 10.1 Å². The topological polar surface area (TPSA) is 42.0 Å². The minimum Gasteiger partial charge on any atom is -0.320 e. The SMILES string of the molecule is Cc1ccc(F)cc1NC(=O)c1ccc(Br)cn1. The van der Waals surface area contributed by atoms with Crippen LogP contribution in [0.1, 0.15) is 16.1 Å². The molecule has 1 amide bonds. The van der Waals surface area contributed by atoms with E-state index in [9.17, 15) is 9.18 Å². The number of hydrogen-bond acceptors (Lipinski definition) is 2. The van der Waals surface area contributed by atoms with Crippen molar-refractivity contribution >= 4 is 27.5 Å². The third-order valence-corrected chi connectivity index (χ3v) is 2.88. The predicted molar refractivity (Wildman–Crippen MR) is 71.0 cm³/mol. The molecule has 92 valence electrons. The summed E-state index contributed by atoms with van der Waals surface area (Å²) in [6.07, 6.45) is 1.54. The van der Waals surface area contributed by atoms with E-state index in [0.29, 0.717) is 5.69 Å². The quantitative estimate of drug-likeness (QED) is 0.922. The summed E-state index contributed by atoms with van der Waals surface area (Å²) < 4.78 is 13.9. The molecule has 0 saturated carbocycles. The Hall–Kier alpha value is -1.75. The van der Waals surface area contributed by atoms with Gasteiger partial charge in [0.05, 0.1) is 0 Å². The summed E-state index contributed by atoms with van der Waals surface area (Å²) in [7, 11) is 0. The number of halogens is 2. The second-order valence-electron chi connectivity index (χ2n) is 3.78. The molecule has 3 nitrogen and oxygen atoms in total. The predicted octanol–water partition coefficient (Wildman–Crippen LogP) is 3.54. The summed E-state index contributed by atoms with van der Waals surface area (Å²) >= 11 is 3.24. The Bertz CT molecular complexity index is 584. The van der Waals surface area contributed by atoms with Crippen molar-refractivity contribution < 1.29 is 9.18 Å². The van der Waals surface area contributed by atoms with Gasteiger partial charge in [0, 0.05) is 16.4 Å². The molecule has 18 heavy (non-hydrogen) atoms. The molecule has 0 spiro atoms. The Morgan fingerprint density at radius 1 is 1.33 bits per heavy atom. The second kappa shape index (κ2) is 5.27. The van der Waals surface area contributed by atoms with Crippen LogP contribution >= 0.6 is 15.9 Å². The summed E-state index contributed by atoms with van der Waals surface area (Å²) in [5.41, 5.74) is 1.52. The molecule has 0 aliphatic heterocycles. The highest BCUT2D eigenvalue weighted by atomic mass is 79.9. The number of rotatable bonds is 2. The molecule has 1 N–H and O–H groups in total. The molecule has 0 bridgehead atoms. The highest BCUT2D eigenvalue weighted by Gasteiger charge is 2.09. The van der Waals surface area contributed by atoms with Crippen LogP contribution in [0.25, 0.3) is 0 Å². The monoisotopic (exact) mass is 308 g/mol. The van der Waals surface area contributed by atoms with Crippen LogP contribution in [0.3, 0.4) is 0 Å². The molecule has 0 radical (unpaired) electrons. The fraction of sp³-hybridized carbons (Fsp3) is 0.0769. The minimum absolute atomic E-state index is 0.280. The molecule has 0 saturated heterocycles. The zero-order valence-electron chi connectivity index (χ0n) is 9.58. The van der Waals surface area contributed by atoms with Crippen LogP contribution in [0.15, 0.2) is 41.0 Å². The van der Waals surface area contributed by atoms with Gasteiger partial charge in [0.15, 0.2) is 0 Å². The van der Waals surface area contributed by atoms with Gasteiger partial charge < -0.3 is 5.32 Å². The largest absolute Gasteiger partial charge is 0.320 e. The first-order valence-corrected chi connectivity index (χ1v) is 6.04. The molecular weight excluding hydrogens is 299 g/mol. The van der Waals surface area contributed by atoms with Crippen molar-refractivity contribution in [3.05, 3.63) is 58.1 Å². The molecule has 0 unspecified atom stereocenters. The van der Waals surface area contributed by atoms with Crippen LogP contribution in [0.5, 0.6) is 0 Å². The average Bonchev–Trinajstić information content (AvgIpc) is 2.34. The van der Waals surface area contributed by atoms with E-state index in [0.717, 1.165) is 10.0 Å². The standard InChI is InChI=1S/C13H10BrFN2O/c1-8-2-4-10(15)6-12(8)17-13(18)11-5-3-9(14)7-16-11/h2-7H,1H3,(H,17,18). The van der Waals surface area contributed by atoms with Crippen LogP contribution < -0.4 is 5.32 Å². The average molecular weight is 309 g/mol. The van der Waals surface area contributed by atoms with Gasteiger partial charge in [-0.2, -0.15) is 0 Å². The molecule has 1 aromatic heterocycles. The number of carbonyl (C=O) groups excluding carboxylic acids is 1. The first-order valence-electron chi connectivity index (χ1n) is 5.25. The molecule has 1 aromatic carbocycles. The van der Waals surface area contributed by atoms with E-state index in [-0.39, 0.29) is 17.4 Å². The van der Waals surface area contributed by atoms with Gasteiger partial charge in [-0.25, -0.2) is 9.37 Å². The number of nitrogens with one attached hydrogen (secondary N) is 1. The van der Waals surface area contributed by atoms with Gasteiger partial charge >= 0.3 is 0 Å². The molecule has 5 heteroatoms. The lowest BCUT2D eigenvalue weighted by molar-refractivity contribution is 0.102. The van der Waals surface area contributed by atoms with E-state index in [1.165, 1.54) is 18.3 Å². The molecule has 0 fully saturated rings. The van der Waals surface area contributed by atoms with Gasteiger partial charge in [-0.05, 0) is 52.7 Å². The first-order chi connectivity index (χ1) is 8.56.